The lowest BCUT2D eigenvalue weighted by Gasteiger charge is -2.03. The highest BCUT2D eigenvalue weighted by molar-refractivity contribution is 7.09. The van der Waals surface area contributed by atoms with E-state index in [2.05, 4.69) is 19.7 Å². The van der Waals surface area contributed by atoms with Gasteiger partial charge >= 0.3 is 0 Å². The minimum atomic E-state index is -0.364. The first-order chi connectivity index (χ1) is 9.65. The Kier molecular flexibility index (Phi) is 3.21. The van der Waals surface area contributed by atoms with E-state index in [1.54, 1.807) is 24.3 Å². The molecule has 0 aliphatic rings. The van der Waals surface area contributed by atoms with Gasteiger partial charge in [0.1, 0.15) is 10.4 Å². The number of H-pyrrole nitrogens is 1. The third-order valence-electron chi connectivity index (χ3n) is 2.58. The molecule has 2 heterocycles. The summed E-state index contributed by atoms with van der Waals surface area (Å²) >= 11 is 6.71. The Morgan fingerprint density at radius 1 is 1.25 bits per heavy atom. The van der Waals surface area contributed by atoms with E-state index < -0.39 is 0 Å². The number of carbonyl (C=O) groups is 1. The average molecular weight is 307 g/mol. The maximum atomic E-state index is 12.2. The second-order valence-corrected chi connectivity index (χ2v) is 5.11. The molecule has 100 valence electrons. The smallest absolute Gasteiger partial charge is 0.278 e. The van der Waals surface area contributed by atoms with Crippen molar-refractivity contribution in [3.63, 3.8) is 0 Å². The van der Waals surface area contributed by atoms with Gasteiger partial charge in [-0.3, -0.25) is 9.59 Å². The van der Waals surface area contributed by atoms with Crippen LogP contribution in [0.4, 0.5) is 5.69 Å². The van der Waals surface area contributed by atoms with E-state index in [0.717, 1.165) is 11.5 Å². The lowest BCUT2D eigenvalue weighted by molar-refractivity contribution is 0.103. The van der Waals surface area contributed by atoms with Crippen molar-refractivity contribution >= 4 is 45.8 Å². The van der Waals surface area contributed by atoms with Crippen LogP contribution in [-0.2, 0) is 0 Å². The molecule has 0 aliphatic heterocycles. The third kappa shape index (κ3) is 2.28. The average Bonchev–Trinajstić information content (AvgIpc) is 2.87. The molecule has 0 fully saturated rings. The lowest BCUT2D eigenvalue weighted by Crippen LogP contribution is -2.12. The fourth-order valence-corrected chi connectivity index (χ4v) is 2.50. The number of halogens is 1. The summed E-state index contributed by atoms with van der Waals surface area (Å²) in [5.41, 5.74) is 0.701. The third-order valence-corrected chi connectivity index (χ3v) is 3.67. The van der Waals surface area contributed by atoms with Crippen LogP contribution in [0.3, 0.4) is 0 Å². The predicted molar refractivity (Wildman–Crippen MR) is 77.4 cm³/mol. The van der Waals surface area contributed by atoms with E-state index in [1.807, 2.05) is 0 Å². The second-order valence-electron chi connectivity index (χ2n) is 3.90. The molecular weight excluding hydrogens is 300 g/mol. The number of rotatable bonds is 2. The van der Waals surface area contributed by atoms with Gasteiger partial charge in [-0.1, -0.05) is 11.6 Å². The molecule has 0 radical (unpaired) electrons. The van der Waals surface area contributed by atoms with Gasteiger partial charge < -0.3 is 10.3 Å². The Hall–Kier alpha value is -2.25. The van der Waals surface area contributed by atoms with Crippen molar-refractivity contribution < 1.29 is 4.79 Å². The molecule has 0 atom stereocenters. The lowest BCUT2D eigenvalue weighted by atomic mass is 10.3. The number of aromatic amines is 1. The first-order valence-corrected chi connectivity index (χ1v) is 6.70. The highest BCUT2D eigenvalue weighted by Crippen LogP contribution is 2.19. The van der Waals surface area contributed by atoms with Gasteiger partial charge in [-0.15, -0.1) is 0 Å². The number of fused-ring (bicyclic) bond motifs is 1. The molecule has 1 aromatic carbocycles. The zero-order valence-corrected chi connectivity index (χ0v) is 11.5. The number of aromatic nitrogens is 3. The van der Waals surface area contributed by atoms with Gasteiger partial charge in [0.15, 0.2) is 5.52 Å². The number of nitrogens with zero attached hydrogens (tertiary/aromatic N) is 2. The predicted octanol–water partition coefficient (Wildman–Crippen LogP) is 2.29. The summed E-state index contributed by atoms with van der Waals surface area (Å²) in [7, 11) is 0. The number of benzene rings is 1. The van der Waals surface area contributed by atoms with Crippen LogP contribution >= 0.6 is 23.1 Å². The first-order valence-electron chi connectivity index (χ1n) is 5.55. The van der Waals surface area contributed by atoms with Gasteiger partial charge in [-0.05, 0) is 35.8 Å². The molecule has 2 aromatic heterocycles. The van der Waals surface area contributed by atoms with Crippen LogP contribution in [-0.4, -0.2) is 20.2 Å². The van der Waals surface area contributed by atoms with Gasteiger partial charge in [0, 0.05) is 10.7 Å². The molecule has 0 spiro atoms. The molecule has 3 aromatic rings. The Balaban J connectivity index is 1.95. The molecule has 1 amide bonds. The van der Waals surface area contributed by atoms with Crippen molar-refractivity contribution in [2.75, 3.05) is 5.32 Å². The Morgan fingerprint density at radius 3 is 2.75 bits per heavy atom. The minimum absolute atomic E-state index is 0.166. The number of hydrogen-bond donors (Lipinski definition) is 2. The monoisotopic (exact) mass is 306 g/mol. The molecule has 20 heavy (non-hydrogen) atoms. The van der Waals surface area contributed by atoms with Gasteiger partial charge in [0.2, 0.25) is 0 Å². The Bertz CT molecular complexity index is 841. The highest BCUT2D eigenvalue weighted by atomic mass is 35.5. The van der Waals surface area contributed by atoms with E-state index in [0.29, 0.717) is 21.1 Å². The molecular formula is C12H7ClN4O2S. The van der Waals surface area contributed by atoms with Crippen LogP contribution in [0.15, 0.2) is 35.4 Å². The summed E-state index contributed by atoms with van der Waals surface area (Å²) in [6, 6.07) is 6.71. The van der Waals surface area contributed by atoms with Crippen molar-refractivity contribution in [2.24, 2.45) is 0 Å². The number of hydrogen-bond acceptors (Lipinski definition) is 5. The molecule has 8 heteroatoms. The zero-order valence-electron chi connectivity index (χ0n) is 9.88. The molecule has 0 saturated carbocycles. The van der Waals surface area contributed by atoms with Crippen molar-refractivity contribution in [1.29, 1.82) is 0 Å². The zero-order chi connectivity index (χ0) is 14.1. The maximum absolute atomic E-state index is 12.2. The molecule has 3 rings (SSSR count). The van der Waals surface area contributed by atoms with Crippen LogP contribution in [0, 0.1) is 0 Å². The fourth-order valence-electron chi connectivity index (χ4n) is 1.65. The summed E-state index contributed by atoms with van der Waals surface area (Å²) in [6.45, 7) is 0. The first kappa shape index (κ1) is 12.8. The summed E-state index contributed by atoms with van der Waals surface area (Å²) in [6.07, 6.45) is 1.25. The molecule has 0 aliphatic carbocycles. The number of carbonyl (C=O) groups excluding carboxylic acids is 1. The van der Waals surface area contributed by atoms with E-state index >= 15 is 0 Å². The van der Waals surface area contributed by atoms with Crippen molar-refractivity contribution in [3.8, 4) is 0 Å². The van der Waals surface area contributed by atoms with Crippen LogP contribution in [0.2, 0.25) is 5.02 Å². The second kappa shape index (κ2) is 5.03. The van der Waals surface area contributed by atoms with E-state index in [4.69, 9.17) is 11.6 Å². The SMILES string of the molecule is O=C(Nc1ccc(Cl)cc1)c1snc2c(=O)[nH]cnc12. The summed E-state index contributed by atoms with van der Waals surface area (Å²) in [5, 5.41) is 3.29. The van der Waals surface area contributed by atoms with E-state index in [9.17, 15) is 9.59 Å². The van der Waals surface area contributed by atoms with E-state index in [-0.39, 0.29) is 17.0 Å². The minimum Gasteiger partial charge on any atom is -0.321 e. The highest BCUT2D eigenvalue weighted by Gasteiger charge is 2.17. The van der Waals surface area contributed by atoms with Crippen molar-refractivity contribution in [3.05, 3.63) is 50.8 Å². The number of amides is 1. The quantitative estimate of drug-likeness (QED) is 0.760. The van der Waals surface area contributed by atoms with Crippen molar-refractivity contribution in [2.45, 2.75) is 0 Å². The normalized spacial score (nSPS) is 10.7. The Morgan fingerprint density at radius 2 is 2.00 bits per heavy atom. The standard InChI is InChI=1S/C12H7ClN4O2S/c13-6-1-3-7(4-2-6)16-12(19)10-8-9(17-20-10)11(18)15-5-14-8/h1-5H,(H,16,19)(H,14,15,18). The Labute approximate surface area is 121 Å². The number of nitrogens with one attached hydrogen (secondary N) is 2. The maximum Gasteiger partial charge on any atom is 0.278 e. The summed E-state index contributed by atoms with van der Waals surface area (Å²) < 4.78 is 3.95. The molecule has 0 saturated heterocycles. The van der Waals surface area contributed by atoms with Gasteiger partial charge in [0.05, 0.1) is 6.33 Å². The van der Waals surface area contributed by atoms with Crippen LogP contribution in [0.5, 0.6) is 0 Å². The van der Waals surface area contributed by atoms with Gasteiger partial charge in [-0.2, -0.15) is 4.37 Å². The van der Waals surface area contributed by atoms with Crippen molar-refractivity contribution in [1.82, 2.24) is 14.3 Å². The van der Waals surface area contributed by atoms with Gasteiger partial charge in [-0.25, -0.2) is 4.98 Å². The summed E-state index contributed by atoms with van der Waals surface area (Å²) in [5.74, 6) is -0.363. The fraction of sp³-hybridized carbons (Fsp3) is 0. The van der Waals surface area contributed by atoms with Gasteiger partial charge in [0.25, 0.3) is 11.5 Å². The topological polar surface area (TPSA) is 87.7 Å². The van der Waals surface area contributed by atoms with Crippen LogP contribution < -0.4 is 10.9 Å². The van der Waals surface area contributed by atoms with Crippen LogP contribution in [0.1, 0.15) is 9.67 Å². The molecule has 0 unspecified atom stereocenters. The largest absolute Gasteiger partial charge is 0.321 e. The van der Waals surface area contributed by atoms with E-state index in [1.165, 1.54) is 6.33 Å². The molecule has 6 nitrogen and oxygen atoms in total. The summed E-state index contributed by atoms with van der Waals surface area (Å²) in [4.78, 5) is 30.4. The number of anilines is 1. The molecule has 0 bridgehead atoms. The molecule has 2 N–H and O–H groups in total. The van der Waals surface area contributed by atoms with Crippen LogP contribution in [0.25, 0.3) is 11.0 Å².